The zero-order valence-corrected chi connectivity index (χ0v) is 15.7. The molecule has 144 valence electrons. The van der Waals surface area contributed by atoms with E-state index in [0.717, 1.165) is 29.8 Å². The number of likely N-dealkylation sites (tertiary alicyclic amines) is 1. The van der Waals surface area contributed by atoms with Crippen molar-refractivity contribution in [1.29, 1.82) is 0 Å². The highest BCUT2D eigenvalue weighted by Gasteiger charge is 2.35. The number of carbonyl (C=O) groups excluding carboxylic acids is 1. The maximum atomic E-state index is 13.1. The van der Waals surface area contributed by atoms with Crippen LogP contribution in [0.15, 0.2) is 67.0 Å². The average Bonchev–Trinajstić information content (AvgIpc) is 3.43. The number of hydrogen-bond donors (Lipinski definition) is 1. The van der Waals surface area contributed by atoms with Gasteiger partial charge in [-0.25, -0.2) is 4.68 Å². The van der Waals surface area contributed by atoms with Gasteiger partial charge in [-0.05, 0) is 42.7 Å². The van der Waals surface area contributed by atoms with Crippen molar-refractivity contribution >= 4 is 5.91 Å². The molecule has 0 unspecified atom stereocenters. The number of para-hydroxylation sites is 1. The summed E-state index contributed by atoms with van der Waals surface area (Å²) in [5.74, 6) is 0.640. The van der Waals surface area contributed by atoms with Crippen molar-refractivity contribution in [2.24, 2.45) is 0 Å². The SMILES string of the molecule is COc1ccc([C@@H](O)[C@@H]2CCCN2C(=O)c2cnn(-c3ccccc3)c2)cc1. The standard InChI is InChI=1S/C22H23N3O3/c1-28-19-11-9-16(10-12-19)21(26)20-8-5-13-24(20)22(27)17-14-23-25(15-17)18-6-3-2-4-7-18/h2-4,6-7,9-12,14-15,20-21,26H,5,8,13H2,1H3/t20-,21+/m0/s1. The van der Waals surface area contributed by atoms with Crippen molar-refractivity contribution in [1.82, 2.24) is 14.7 Å². The third-order valence-corrected chi connectivity index (χ3v) is 5.23. The maximum Gasteiger partial charge on any atom is 0.257 e. The van der Waals surface area contributed by atoms with E-state index in [-0.39, 0.29) is 11.9 Å². The molecule has 0 aliphatic carbocycles. The molecule has 1 aliphatic rings. The quantitative estimate of drug-likeness (QED) is 0.741. The first kappa shape index (κ1) is 18.3. The highest BCUT2D eigenvalue weighted by atomic mass is 16.5. The Balaban J connectivity index is 1.52. The van der Waals surface area contributed by atoms with Crippen LogP contribution in [-0.2, 0) is 0 Å². The lowest BCUT2D eigenvalue weighted by Crippen LogP contribution is -2.39. The van der Waals surface area contributed by atoms with Crippen molar-refractivity contribution < 1.29 is 14.6 Å². The Labute approximate surface area is 164 Å². The van der Waals surface area contributed by atoms with E-state index in [1.807, 2.05) is 54.6 Å². The van der Waals surface area contributed by atoms with Gasteiger partial charge in [0.25, 0.3) is 5.91 Å². The minimum Gasteiger partial charge on any atom is -0.497 e. The van der Waals surface area contributed by atoms with Crippen molar-refractivity contribution in [3.05, 3.63) is 78.1 Å². The molecule has 2 aromatic carbocycles. The van der Waals surface area contributed by atoms with Crippen molar-refractivity contribution in [3.8, 4) is 11.4 Å². The largest absolute Gasteiger partial charge is 0.497 e. The van der Waals surface area contributed by atoms with Crippen LogP contribution in [0.2, 0.25) is 0 Å². The monoisotopic (exact) mass is 377 g/mol. The Morgan fingerprint density at radius 2 is 1.93 bits per heavy atom. The molecule has 2 atom stereocenters. The number of ether oxygens (including phenoxy) is 1. The van der Waals surface area contributed by atoms with Crippen LogP contribution in [0, 0.1) is 0 Å². The van der Waals surface area contributed by atoms with Gasteiger partial charge in [0, 0.05) is 12.7 Å². The molecular formula is C22H23N3O3. The Morgan fingerprint density at radius 3 is 2.64 bits per heavy atom. The van der Waals surface area contributed by atoms with E-state index in [9.17, 15) is 9.90 Å². The summed E-state index contributed by atoms with van der Waals surface area (Å²) in [5, 5.41) is 15.2. The third-order valence-electron chi connectivity index (χ3n) is 5.23. The highest BCUT2D eigenvalue weighted by molar-refractivity contribution is 5.94. The minimum absolute atomic E-state index is 0.0998. The lowest BCUT2D eigenvalue weighted by molar-refractivity contribution is 0.0486. The minimum atomic E-state index is -0.735. The fraction of sp³-hybridized carbons (Fsp3) is 0.273. The van der Waals surface area contributed by atoms with Crippen LogP contribution in [0.1, 0.15) is 34.9 Å². The fourth-order valence-corrected chi connectivity index (χ4v) is 3.72. The van der Waals surface area contributed by atoms with E-state index in [4.69, 9.17) is 4.74 Å². The Hall–Kier alpha value is -3.12. The zero-order valence-electron chi connectivity index (χ0n) is 15.7. The van der Waals surface area contributed by atoms with Crippen LogP contribution < -0.4 is 4.74 Å². The molecule has 1 N–H and O–H groups in total. The van der Waals surface area contributed by atoms with E-state index in [1.54, 1.807) is 29.1 Å². The summed E-state index contributed by atoms with van der Waals surface area (Å²) in [7, 11) is 1.61. The van der Waals surface area contributed by atoms with Gasteiger partial charge in [-0.15, -0.1) is 0 Å². The molecule has 28 heavy (non-hydrogen) atoms. The number of amides is 1. The molecule has 1 aromatic heterocycles. The van der Waals surface area contributed by atoms with Gasteiger partial charge in [0.05, 0.1) is 36.7 Å². The van der Waals surface area contributed by atoms with Gasteiger partial charge in [-0.1, -0.05) is 30.3 Å². The summed E-state index contributed by atoms with van der Waals surface area (Å²) < 4.78 is 6.87. The van der Waals surface area contributed by atoms with E-state index in [0.29, 0.717) is 12.1 Å². The number of aliphatic hydroxyl groups excluding tert-OH is 1. The molecule has 1 aliphatic heterocycles. The molecule has 0 bridgehead atoms. The number of hydrogen-bond acceptors (Lipinski definition) is 4. The second kappa shape index (κ2) is 7.86. The predicted molar refractivity (Wildman–Crippen MR) is 106 cm³/mol. The molecule has 0 saturated carbocycles. The Bertz CT molecular complexity index is 937. The summed E-state index contributed by atoms with van der Waals surface area (Å²) in [6.07, 6.45) is 4.24. The molecule has 1 amide bonds. The molecule has 0 radical (unpaired) electrons. The summed E-state index contributed by atoms with van der Waals surface area (Å²) in [4.78, 5) is 14.8. The van der Waals surface area contributed by atoms with E-state index >= 15 is 0 Å². The van der Waals surface area contributed by atoms with Gasteiger partial charge in [-0.2, -0.15) is 5.10 Å². The third kappa shape index (κ3) is 3.51. The van der Waals surface area contributed by atoms with Gasteiger partial charge >= 0.3 is 0 Å². The van der Waals surface area contributed by atoms with E-state index in [1.165, 1.54) is 0 Å². The van der Waals surface area contributed by atoms with Gasteiger partial charge in [-0.3, -0.25) is 4.79 Å². The second-order valence-electron chi connectivity index (χ2n) is 6.94. The summed E-state index contributed by atoms with van der Waals surface area (Å²) in [5.41, 5.74) is 2.21. The molecule has 1 saturated heterocycles. The summed E-state index contributed by atoms with van der Waals surface area (Å²) in [6, 6.07) is 16.8. The van der Waals surface area contributed by atoms with Crippen LogP contribution in [0.3, 0.4) is 0 Å². The maximum absolute atomic E-state index is 13.1. The topological polar surface area (TPSA) is 67.6 Å². The Kier molecular flexibility index (Phi) is 5.12. The molecule has 6 nitrogen and oxygen atoms in total. The molecule has 2 heterocycles. The van der Waals surface area contributed by atoms with Crippen LogP contribution in [0.25, 0.3) is 5.69 Å². The first-order chi connectivity index (χ1) is 13.7. The van der Waals surface area contributed by atoms with Crippen LogP contribution in [-0.4, -0.2) is 45.4 Å². The summed E-state index contributed by atoms with van der Waals surface area (Å²) in [6.45, 7) is 0.632. The number of rotatable bonds is 5. The Morgan fingerprint density at radius 1 is 1.18 bits per heavy atom. The first-order valence-electron chi connectivity index (χ1n) is 9.40. The normalized spacial score (nSPS) is 17.5. The van der Waals surface area contributed by atoms with Gasteiger partial charge in [0.2, 0.25) is 0 Å². The number of aliphatic hydroxyl groups is 1. The van der Waals surface area contributed by atoms with Crippen molar-refractivity contribution in [2.45, 2.75) is 25.0 Å². The molecule has 3 aromatic rings. The van der Waals surface area contributed by atoms with Crippen molar-refractivity contribution in [2.75, 3.05) is 13.7 Å². The van der Waals surface area contributed by atoms with Gasteiger partial charge < -0.3 is 14.7 Å². The lowest BCUT2D eigenvalue weighted by atomic mass is 10.00. The highest BCUT2D eigenvalue weighted by Crippen LogP contribution is 2.31. The van der Waals surface area contributed by atoms with Gasteiger partial charge in [0.1, 0.15) is 5.75 Å². The van der Waals surface area contributed by atoms with Gasteiger partial charge in [0.15, 0.2) is 0 Å². The summed E-state index contributed by atoms with van der Waals surface area (Å²) >= 11 is 0. The molecule has 1 fully saturated rings. The van der Waals surface area contributed by atoms with Crippen molar-refractivity contribution in [3.63, 3.8) is 0 Å². The van der Waals surface area contributed by atoms with Crippen LogP contribution in [0.4, 0.5) is 0 Å². The molecular weight excluding hydrogens is 354 g/mol. The predicted octanol–water partition coefficient (Wildman–Crippen LogP) is 3.22. The number of aromatic nitrogens is 2. The zero-order chi connectivity index (χ0) is 19.5. The fourth-order valence-electron chi connectivity index (χ4n) is 3.72. The smallest absolute Gasteiger partial charge is 0.257 e. The number of carbonyl (C=O) groups is 1. The number of methoxy groups -OCH3 is 1. The molecule has 0 spiro atoms. The van der Waals surface area contributed by atoms with Crippen LogP contribution >= 0.6 is 0 Å². The number of nitrogens with zero attached hydrogens (tertiary/aromatic N) is 3. The van der Waals surface area contributed by atoms with E-state index in [2.05, 4.69) is 5.10 Å². The van der Waals surface area contributed by atoms with E-state index < -0.39 is 6.10 Å². The molecule has 4 rings (SSSR count). The number of benzene rings is 2. The lowest BCUT2D eigenvalue weighted by Gasteiger charge is -2.28. The first-order valence-corrected chi connectivity index (χ1v) is 9.40. The molecule has 6 heteroatoms. The second-order valence-corrected chi connectivity index (χ2v) is 6.94. The van der Waals surface area contributed by atoms with Crippen LogP contribution in [0.5, 0.6) is 5.75 Å². The average molecular weight is 377 g/mol.